The van der Waals surface area contributed by atoms with Gasteiger partial charge in [0.05, 0.1) is 11.1 Å². The highest BCUT2D eigenvalue weighted by molar-refractivity contribution is 5.81. The zero-order chi connectivity index (χ0) is 15.2. The molecule has 0 unspecified atom stereocenters. The number of hydrazone groups is 1. The predicted octanol–water partition coefficient (Wildman–Crippen LogP) is 2.46. The maximum Gasteiger partial charge on any atom is 0.270 e. The van der Waals surface area contributed by atoms with E-state index in [-0.39, 0.29) is 17.3 Å². The van der Waals surface area contributed by atoms with Gasteiger partial charge in [-0.25, -0.2) is 10.4 Å². The monoisotopic (exact) mass is 285 g/mol. The van der Waals surface area contributed by atoms with E-state index in [0.29, 0.717) is 17.9 Å². The van der Waals surface area contributed by atoms with Crippen molar-refractivity contribution in [1.82, 2.24) is 4.98 Å². The summed E-state index contributed by atoms with van der Waals surface area (Å²) in [5.74, 6) is 0.579. The molecule has 1 N–H and O–H groups in total. The maximum atomic E-state index is 10.7. The molecule has 0 bridgehead atoms. The highest BCUT2D eigenvalue weighted by Gasteiger charge is 2.10. The first-order valence-electron chi connectivity index (χ1n) is 6.07. The van der Waals surface area contributed by atoms with E-state index in [9.17, 15) is 10.1 Å². The van der Waals surface area contributed by atoms with Crippen LogP contribution in [0.1, 0.15) is 24.1 Å². The molecule has 0 spiro atoms. The van der Waals surface area contributed by atoms with Gasteiger partial charge in [0, 0.05) is 24.1 Å². The highest BCUT2D eigenvalue weighted by Crippen LogP contribution is 2.17. The highest BCUT2D eigenvalue weighted by atomic mass is 16.6. The van der Waals surface area contributed by atoms with Gasteiger partial charge in [-0.1, -0.05) is 19.1 Å². The third-order valence-corrected chi connectivity index (χ3v) is 2.54. The van der Waals surface area contributed by atoms with Crippen molar-refractivity contribution in [3.05, 3.63) is 51.5 Å². The van der Waals surface area contributed by atoms with Crippen LogP contribution < -0.4 is 5.43 Å². The Morgan fingerprint density at radius 1 is 1.62 bits per heavy atom. The average Bonchev–Trinajstić information content (AvgIpc) is 2.90. The van der Waals surface area contributed by atoms with Gasteiger partial charge in [-0.15, -0.1) is 0 Å². The second-order valence-electron chi connectivity index (χ2n) is 3.97. The van der Waals surface area contributed by atoms with Crippen molar-refractivity contribution in [3.8, 4) is 6.07 Å². The molecular weight excluding hydrogens is 274 g/mol. The molecule has 0 amide bonds. The lowest BCUT2D eigenvalue weighted by Crippen LogP contribution is -1.93. The van der Waals surface area contributed by atoms with E-state index >= 15 is 0 Å². The molecule has 2 rings (SSSR count). The summed E-state index contributed by atoms with van der Waals surface area (Å²) in [4.78, 5) is 14.1. The van der Waals surface area contributed by atoms with Crippen molar-refractivity contribution in [2.24, 2.45) is 5.10 Å². The minimum Gasteiger partial charge on any atom is -0.422 e. The fourth-order valence-electron chi connectivity index (χ4n) is 1.55. The molecule has 1 aromatic heterocycles. The van der Waals surface area contributed by atoms with Gasteiger partial charge < -0.3 is 4.42 Å². The van der Waals surface area contributed by atoms with Crippen molar-refractivity contribution >= 4 is 17.8 Å². The minimum atomic E-state index is -0.484. The zero-order valence-electron chi connectivity index (χ0n) is 11.1. The number of aromatic nitrogens is 1. The van der Waals surface area contributed by atoms with Crippen LogP contribution >= 0.6 is 0 Å². The molecule has 8 heteroatoms. The Morgan fingerprint density at radius 3 is 3.10 bits per heavy atom. The number of oxazole rings is 1. The van der Waals surface area contributed by atoms with Crippen molar-refractivity contribution < 1.29 is 9.34 Å². The molecule has 0 atom stereocenters. The van der Waals surface area contributed by atoms with E-state index < -0.39 is 4.92 Å². The Bertz CT molecular complexity index is 730. The number of nitrogens with zero attached hydrogens (tertiary/aromatic N) is 4. The summed E-state index contributed by atoms with van der Waals surface area (Å²) < 4.78 is 5.29. The third-order valence-electron chi connectivity index (χ3n) is 2.54. The molecule has 8 nitrogen and oxygen atoms in total. The number of nitriles is 1. The van der Waals surface area contributed by atoms with Gasteiger partial charge in [0.1, 0.15) is 6.07 Å². The lowest BCUT2D eigenvalue weighted by atomic mass is 10.2. The Balaban J connectivity index is 2.12. The number of nitrogens with one attached hydrogen (secondary N) is 1. The van der Waals surface area contributed by atoms with E-state index in [1.807, 2.05) is 13.0 Å². The Kier molecular flexibility index (Phi) is 4.26. The second kappa shape index (κ2) is 6.29. The van der Waals surface area contributed by atoms with Crippen molar-refractivity contribution in [1.29, 1.82) is 5.26 Å². The van der Waals surface area contributed by atoms with Crippen LogP contribution in [0.2, 0.25) is 0 Å². The number of rotatable bonds is 5. The topological polar surface area (TPSA) is 117 Å². The van der Waals surface area contributed by atoms with Crippen molar-refractivity contribution in [2.45, 2.75) is 13.3 Å². The summed E-state index contributed by atoms with van der Waals surface area (Å²) in [7, 11) is 0. The van der Waals surface area contributed by atoms with E-state index in [2.05, 4.69) is 15.5 Å². The van der Waals surface area contributed by atoms with Gasteiger partial charge in [0.2, 0.25) is 5.69 Å². The molecular formula is C13H11N5O3. The Morgan fingerprint density at radius 2 is 2.43 bits per heavy atom. The lowest BCUT2D eigenvalue weighted by Gasteiger charge is -1.95. The van der Waals surface area contributed by atoms with Crippen LogP contribution in [0.5, 0.6) is 0 Å². The molecule has 21 heavy (non-hydrogen) atoms. The smallest absolute Gasteiger partial charge is 0.270 e. The van der Waals surface area contributed by atoms with Crippen LogP contribution in [-0.2, 0) is 6.42 Å². The molecule has 0 saturated heterocycles. The molecule has 0 fully saturated rings. The van der Waals surface area contributed by atoms with Gasteiger partial charge in [-0.05, 0) is 0 Å². The van der Waals surface area contributed by atoms with Crippen LogP contribution in [0.15, 0.2) is 33.8 Å². The standard InChI is InChI=1S/C13H11N5O3/c1-2-12-16-11(7-14)13(21-12)17-15-8-9-4-3-5-10(6-9)18(19)20/h3-6,8,17H,2H2,1H3/b15-8+. The first-order chi connectivity index (χ1) is 10.1. The van der Waals surface area contributed by atoms with Gasteiger partial charge in [-0.2, -0.15) is 10.4 Å². The SMILES string of the molecule is CCc1nc(C#N)c(N/N=C/c2cccc([N+](=O)[O-])c2)o1. The fraction of sp³-hybridized carbons (Fsp3) is 0.154. The number of non-ortho nitro benzene ring substituents is 1. The molecule has 106 valence electrons. The van der Waals surface area contributed by atoms with E-state index in [0.717, 1.165) is 0 Å². The molecule has 1 heterocycles. The Hall–Kier alpha value is -3.21. The number of anilines is 1. The van der Waals surface area contributed by atoms with Crippen LogP contribution in [0.4, 0.5) is 11.6 Å². The quantitative estimate of drug-likeness (QED) is 0.512. The number of benzene rings is 1. The number of nitro groups is 1. The van der Waals surface area contributed by atoms with Crippen LogP contribution in [0.25, 0.3) is 0 Å². The maximum absolute atomic E-state index is 10.7. The average molecular weight is 285 g/mol. The van der Waals surface area contributed by atoms with Crippen molar-refractivity contribution in [2.75, 3.05) is 5.43 Å². The van der Waals surface area contributed by atoms with E-state index in [4.69, 9.17) is 9.68 Å². The molecule has 0 radical (unpaired) electrons. The molecule has 0 aliphatic rings. The summed E-state index contributed by atoms with van der Waals surface area (Å²) in [6.07, 6.45) is 1.95. The zero-order valence-corrected chi connectivity index (χ0v) is 11.1. The van der Waals surface area contributed by atoms with E-state index in [1.165, 1.54) is 18.3 Å². The predicted molar refractivity (Wildman–Crippen MR) is 74.9 cm³/mol. The number of hydrogen-bond donors (Lipinski definition) is 1. The first kappa shape index (κ1) is 14.2. The number of nitro benzene ring substituents is 1. The fourth-order valence-corrected chi connectivity index (χ4v) is 1.55. The first-order valence-corrected chi connectivity index (χ1v) is 6.07. The minimum absolute atomic E-state index is 0.0235. The molecule has 1 aromatic carbocycles. The van der Waals surface area contributed by atoms with Crippen LogP contribution in [0, 0.1) is 21.4 Å². The normalized spacial score (nSPS) is 10.5. The summed E-state index contributed by atoms with van der Waals surface area (Å²) in [5, 5.41) is 23.4. The van der Waals surface area contributed by atoms with Gasteiger partial charge in [0.25, 0.3) is 11.6 Å². The summed E-state index contributed by atoms with van der Waals surface area (Å²) in [6, 6.07) is 7.89. The largest absolute Gasteiger partial charge is 0.422 e. The van der Waals surface area contributed by atoms with Gasteiger partial charge in [0.15, 0.2) is 5.89 Å². The van der Waals surface area contributed by atoms with Gasteiger partial charge in [-0.3, -0.25) is 10.1 Å². The number of hydrogen-bond acceptors (Lipinski definition) is 7. The van der Waals surface area contributed by atoms with Gasteiger partial charge >= 0.3 is 0 Å². The molecule has 0 aliphatic heterocycles. The molecule has 0 aliphatic carbocycles. The lowest BCUT2D eigenvalue weighted by molar-refractivity contribution is -0.384. The van der Waals surface area contributed by atoms with Crippen LogP contribution in [0.3, 0.4) is 0 Å². The summed E-state index contributed by atoms with van der Waals surface area (Å²) >= 11 is 0. The van der Waals surface area contributed by atoms with Crippen molar-refractivity contribution in [3.63, 3.8) is 0 Å². The third kappa shape index (κ3) is 3.42. The second-order valence-corrected chi connectivity index (χ2v) is 3.97. The Labute approximate surface area is 119 Å². The summed E-state index contributed by atoms with van der Waals surface area (Å²) in [5.41, 5.74) is 3.20. The molecule has 2 aromatic rings. The van der Waals surface area contributed by atoms with E-state index in [1.54, 1.807) is 12.1 Å². The molecule has 0 saturated carbocycles. The van der Waals surface area contributed by atoms with Crippen LogP contribution in [-0.4, -0.2) is 16.1 Å². The number of aryl methyl sites for hydroxylation is 1. The summed E-state index contributed by atoms with van der Waals surface area (Å²) in [6.45, 7) is 1.85.